The fourth-order valence-electron chi connectivity index (χ4n) is 1.96. The Labute approximate surface area is 78.0 Å². The maximum Gasteiger partial charge on any atom is 0.128 e. The first-order valence-electron chi connectivity index (χ1n) is 4.72. The van der Waals surface area contributed by atoms with Crippen LogP contribution >= 0.6 is 0 Å². The molecular formula is C11H14FN. The van der Waals surface area contributed by atoms with Gasteiger partial charge in [-0.05, 0) is 18.1 Å². The predicted molar refractivity (Wildman–Crippen MR) is 52.5 cm³/mol. The summed E-state index contributed by atoms with van der Waals surface area (Å²) in [4.78, 5) is 0. The first-order valence-corrected chi connectivity index (χ1v) is 4.72. The molecule has 1 aliphatic heterocycles. The standard InChI is InChI=1S/C11H14FN/c1-7(2)8-6-13-10-5-3-4-9(12)11(8)10/h3-5,7-8,13H,6H2,1-2H3. The van der Waals surface area contributed by atoms with E-state index in [1.807, 2.05) is 6.07 Å². The Balaban J connectivity index is 2.46. The molecule has 1 aliphatic rings. The van der Waals surface area contributed by atoms with E-state index in [1.165, 1.54) is 0 Å². The number of nitrogens with one attached hydrogen (secondary N) is 1. The van der Waals surface area contributed by atoms with E-state index >= 15 is 0 Å². The van der Waals surface area contributed by atoms with Gasteiger partial charge in [-0.3, -0.25) is 0 Å². The van der Waals surface area contributed by atoms with Crippen molar-refractivity contribution in [2.75, 3.05) is 11.9 Å². The Bertz CT molecular complexity index is 320. The molecule has 1 N–H and O–H groups in total. The van der Waals surface area contributed by atoms with Gasteiger partial charge in [-0.1, -0.05) is 19.9 Å². The summed E-state index contributed by atoms with van der Waals surface area (Å²) in [5.74, 6) is 0.753. The van der Waals surface area contributed by atoms with E-state index in [9.17, 15) is 4.39 Å². The third kappa shape index (κ3) is 1.30. The van der Waals surface area contributed by atoms with Crippen molar-refractivity contribution in [2.24, 2.45) is 5.92 Å². The fraction of sp³-hybridized carbons (Fsp3) is 0.455. The summed E-state index contributed by atoms with van der Waals surface area (Å²) in [6.45, 7) is 5.13. The van der Waals surface area contributed by atoms with E-state index in [4.69, 9.17) is 0 Å². The van der Waals surface area contributed by atoms with Gasteiger partial charge in [-0.25, -0.2) is 4.39 Å². The van der Waals surface area contributed by atoms with Crippen LogP contribution in [0.1, 0.15) is 25.3 Å². The van der Waals surface area contributed by atoms with Gasteiger partial charge in [0.2, 0.25) is 0 Å². The lowest BCUT2D eigenvalue weighted by Crippen LogP contribution is -2.09. The molecular weight excluding hydrogens is 165 g/mol. The monoisotopic (exact) mass is 179 g/mol. The quantitative estimate of drug-likeness (QED) is 0.698. The maximum absolute atomic E-state index is 13.5. The second kappa shape index (κ2) is 3.02. The molecule has 0 saturated carbocycles. The number of hydrogen-bond acceptors (Lipinski definition) is 1. The molecule has 0 aliphatic carbocycles. The fourth-order valence-corrected chi connectivity index (χ4v) is 1.96. The molecule has 1 atom stereocenters. The van der Waals surface area contributed by atoms with Crippen molar-refractivity contribution in [2.45, 2.75) is 19.8 Å². The van der Waals surface area contributed by atoms with E-state index in [0.29, 0.717) is 11.8 Å². The van der Waals surface area contributed by atoms with Gasteiger partial charge in [0.05, 0.1) is 0 Å². The molecule has 1 unspecified atom stereocenters. The molecule has 1 aromatic rings. The van der Waals surface area contributed by atoms with Crippen LogP contribution in [0.3, 0.4) is 0 Å². The zero-order chi connectivity index (χ0) is 9.42. The van der Waals surface area contributed by atoms with Crippen LogP contribution in [0.15, 0.2) is 18.2 Å². The van der Waals surface area contributed by atoms with Gasteiger partial charge in [-0.2, -0.15) is 0 Å². The van der Waals surface area contributed by atoms with Crippen molar-refractivity contribution in [3.05, 3.63) is 29.6 Å². The molecule has 1 aromatic carbocycles. The highest BCUT2D eigenvalue weighted by atomic mass is 19.1. The number of benzene rings is 1. The SMILES string of the molecule is CC(C)C1CNc2cccc(F)c21. The van der Waals surface area contributed by atoms with Crippen LogP contribution in [0, 0.1) is 11.7 Å². The molecule has 0 amide bonds. The number of hydrogen-bond donors (Lipinski definition) is 1. The van der Waals surface area contributed by atoms with Crippen molar-refractivity contribution >= 4 is 5.69 Å². The number of rotatable bonds is 1. The zero-order valence-corrected chi connectivity index (χ0v) is 7.97. The summed E-state index contributed by atoms with van der Waals surface area (Å²) < 4.78 is 13.5. The summed E-state index contributed by atoms with van der Waals surface area (Å²) in [6, 6.07) is 5.24. The van der Waals surface area contributed by atoms with Gasteiger partial charge in [0, 0.05) is 23.7 Å². The highest BCUT2D eigenvalue weighted by molar-refractivity contribution is 5.58. The summed E-state index contributed by atoms with van der Waals surface area (Å²) in [6.07, 6.45) is 0. The van der Waals surface area contributed by atoms with Crippen LogP contribution < -0.4 is 5.32 Å². The average Bonchev–Trinajstić information content (AvgIpc) is 2.49. The third-order valence-electron chi connectivity index (χ3n) is 2.74. The molecule has 0 saturated heterocycles. The maximum atomic E-state index is 13.5. The average molecular weight is 179 g/mol. The second-order valence-corrected chi connectivity index (χ2v) is 3.93. The van der Waals surface area contributed by atoms with Gasteiger partial charge in [-0.15, -0.1) is 0 Å². The minimum Gasteiger partial charge on any atom is -0.384 e. The zero-order valence-electron chi connectivity index (χ0n) is 7.97. The Morgan fingerprint density at radius 2 is 2.23 bits per heavy atom. The number of halogens is 1. The lowest BCUT2D eigenvalue weighted by Gasteiger charge is -2.14. The van der Waals surface area contributed by atoms with Crippen LogP contribution in [-0.2, 0) is 0 Å². The Hall–Kier alpha value is -1.05. The molecule has 1 nitrogen and oxygen atoms in total. The lowest BCUT2D eigenvalue weighted by atomic mass is 9.90. The van der Waals surface area contributed by atoms with E-state index in [1.54, 1.807) is 12.1 Å². The van der Waals surface area contributed by atoms with Crippen molar-refractivity contribution in [1.82, 2.24) is 0 Å². The van der Waals surface area contributed by atoms with Gasteiger partial charge in [0.15, 0.2) is 0 Å². The number of fused-ring (bicyclic) bond motifs is 1. The summed E-state index contributed by atoms with van der Waals surface area (Å²) >= 11 is 0. The lowest BCUT2D eigenvalue weighted by molar-refractivity contribution is 0.504. The Morgan fingerprint density at radius 3 is 2.92 bits per heavy atom. The number of anilines is 1. The van der Waals surface area contributed by atoms with Crippen LogP contribution in [0.25, 0.3) is 0 Å². The Kier molecular flexibility index (Phi) is 1.98. The molecule has 0 aromatic heterocycles. The third-order valence-corrected chi connectivity index (χ3v) is 2.74. The van der Waals surface area contributed by atoms with Crippen LogP contribution in [0.5, 0.6) is 0 Å². The first kappa shape index (κ1) is 8.54. The highest BCUT2D eigenvalue weighted by Gasteiger charge is 2.27. The predicted octanol–water partition coefficient (Wildman–Crippen LogP) is 2.99. The normalized spacial score (nSPS) is 20.2. The van der Waals surface area contributed by atoms with Crippen molar-refractivity contribution < 1.29 is 4.39 Å². The molecule has 0 spiro atoms. The molecule has 0 radical (unpaired) electrons. The minimum atomic E-state index is -0.0683. The molecule has 2 heteroatoms. The van der Waals surface area contributed by atoms with Gasteiger partial charge in [0.1, 0.15) is 5.82 Å². The molecule has 70 valence electrons. The summed E-state index contributed by atoms with van der Waals surface area (Å²) in [5, 5.41) is 3.23. The van der Waals surface area contributed by atoms with E-state index < -0.39 is 0 Å². The summed E-state index contributed by atoms with van der Waals surface area (Å²) in [5.41, 5.74) is 1.84. The smallest absolute Gasteiger partial charge is 0.128 e. The molecule has 1 heterocycles. The van der Waals surface area contributed by atoms with Crippen LogP contribution in [-0.4, -0.2) is 6.54 Å². The second-order valence-electron chi connectivity index (χ2n) is 3.93. The van der Waals surface area contributed by atoms with E-state index in [-0.39, 0.29) is 5.82 Å². The van der Waals surface area contributed by atoms with Crippen LogP contribution in [0.4, 0.5) is 10.1 Å². The highest BCUT2D eigenvalue weighted by Crippen LogP contribution is 2.37. The molecule has 13 heavy (non-hydrogen) atoms. The van der Waals surface area contributed by atoms with Gasteiger partial charge in [0.25, 0.3) is 0 Å². The Morgan fingerprint density at radius 1 is 1.46 bits per heavy atom. The molecule has 0 fully saturated rings. The minimum absolute atomic E-state index is 0.0683. The molecule has 0 bridgehead atoms. The van der Waals surface area contributed by atoms with Crippen molar-refractivity contribution in [3.8, 4) is 0 Å². The summed E-state index contributed by atoms with van der Waals surface area (Å²) in [7, 11) is 0. The topological polar surface area (TPSA) is 12.0 Å². The molecule has 2 rings (SSSR count). The van der Waals surface area contributed by atoms with E-state index in [0.717, 1.165) is 17.8 Å². The van der Waals surface area contributed by atoms with Gasteiger partial charge >= 0.3 is 0 Å². The van der Waals surface area contributed by atoms with Crippen molar-refractivity contribution in [1.29, 1.82) is 0 Å². The largest absolute Gasteiger partial charge is 0.384 e. The van der Waals surface area contributed by atoms with Gasteiger partial charge < -0.3 is 5.32 Å². The van der Waals surface area contributed by atoms with E-state index in [2.05, 4.69) is 19.2 Å². The van der Waals surface area contributed by atoms with Crippen molar-refractivity contribution in [3.63, 3.8) is 0 Å². The first-order chi connectivity index (χ1) is 6.20. The van der Waals surface area contributed by atoms with Crippen LogP contribution in [0.2, 0.25) is 0 Å².